The molecule has 2 aromatic carbocycles. The van der Waals surface area contributed by atoms with Crippen molar-refractivity contribution in [3.8, 4) is 0 Å². The zero-order chi connectivity index (χ0) is 13.8. The molecule has 0 aliphatic heterocycles. The van der Waals surface area contributed by atoms with E-state index in [0.29, 0.717) is 16.6 Å². The summed E-state index contributed by atoms with van der Waals surface area (Å²) in [5, 5.41) is 1.04. The van der Waals surface area contributed by atoms with Crippen molar-refractivity contribution in [1.82, 2.24) is 0 Å². The Balaban J connectivity index is 2.38. The van der Waals surface area contributed by atoms with E-state index in [9.17, 15) is 4.39 Å². The fourth-order valence-corrected chi connectivity index (χ4v) is 2.42. The first-order valence-corrected chi connectivity index (χ1v) is 6.78. The van der Waals surface area contributed by atoms with Crippen molar-refractivity contribution in [2.24, 2.45) is 5.73 Å². The highest BCUT2D eigenvalue weighted by Crippen LogP contribution is 2.32. The van der Waals surface area contributed by atoms with Gasteiger partial charge < -0.3 is 5.73 Å². The third kappa shape index (κ3) is 3.47. The van der Waals surface area contributed by atoms with Gasteiger partial charge in [0.15, 0.2) is 0 Å². The molecule has 0 spiro atoms. The molecule has 0 bridgehead atoms. The van der Waals surface area contributed by atoms with Crippen LogP contribution in [-0.4, -0.2) is 6.54 Å². The van der Waals surface area contributed by atoms with Gasteiger partial charge in [0.25, 0.3) is 0 Å². The summed E-state index contributed by atoms with van der Waals surface area (Å²) in [5.74, 6) is -0.148. The Morgan fingerprint density at radius 1 is 0.947 bits per heavy atom. The second-order valence-electron chi connectivity index (χ2n) is 4.36. The minimum atomic E-state index is -0.246. The van der Waals surface area contributed by atoms with Gasteiger partial charge in [0, 0.05) is 5.92 Å². The quantitative estimate of drug-likeness (QED) is 0.876. The fraction of sp³-hybridized carbons (Fsp3) is 0.200. The van der Waals surface area contributed by atoms with Gasteiger partial charge in [0.05, 0.1) is 10.0 Å². The number of halogens is 3. The third-order valence-corrected chi connectivity index (χ3v) is 3.81. The van der Waals surface area contributed by atoms with Crippen LogP contribution >= 0.6 is 23.2 Å². The van der Waals surface area contributed by atoms with Crippen LogP contribution in [0.15, 0.2) is 42.5 Å². The minimum Gasteiger partial charge on any atom is -0.330 e. The van der Waals surface area contributed by atoms with E-state index >= 15 is 0 Å². The van der Waals surface area contributed by atoms with Crippen LogP contribution in [0, 0.1) is 5.82 Å². The van der Waals surface area contributed by atoms with Crippen LogP contribution in [0.4, 0.5) is 4.39 Å². The summed E-state index contributed by atoms with van der Waals surface area (Å²) in [6.45, 7) is 0.544. The standard InChI is InChI=1S/C15H14Cl2FN/c16-14-6-3-11(9-15(14)17)13(7-8-19)10-1-4-12(18)5-2-10/h1-6,9,13H,7-8,19H2. The fourth-order valence-electron chi connectivity index (χ4n) is 2.12. The Kier molecular flexibility index (Phi) is 4.81. The van der Waals surface area contributed by atoms with Gasteiger partial charge in [0.1, 0.15) is 5.82 Å². The first-order valence-electron chi connectivity index (χ1n) is 6.02. The summed E-state index contributed by atoms with van der Waals surface area (Å²) >= 11 is 12.0. The van der Waals surface area contributed by atoms with E-state index in [4.69, 9.17) is 28.9 Å². The highest BCUT2D eigenvalue weighted by atomic mass is 35.5. The van der Waals surface area contributed by atoms with E-state index in [-0.39, 0.29) is 11.7 Å². The molecular weight excluding hydrogens is 284 g/mol. The van der Waals surface area contributed by atoms with Crippen LogP contribution in [0.25, 0.3) is 0 Å². The first-order chi connectivity index (χ1) is 9.11. The molecule has 0 aromatic heterocycles. The van der Waals surface area contributed by atoms with Crippen molar-refractivity contribution in [3.05, 3.63) is 69.5 Å². The van der Waals surface area contributed by atoms with Crippen LogP contribution in [0.1, 0.15) is 23.5 Å². The molecule has 0 saturated heterocycles. The number of hydrogen-bond acceptors (Lipinski definition) is 1. The molecule has 2 rings (SSSR count). The predicted octanol–water partition coefficient (Wildman–Crippen LogP) is 4.61. The summed E-state index contributed by atoms with van der Waals surface area (Å²) in [6, 6.07) is 12.0. The maximum Gasteiger partial charge on any atom is 0.123 e. The highest BCUT2D eigenvalue weighted by molar-refractivity contribution is 6.42. The van der Waals surface area contributed by atoms with Crippen LogP contribution in [0.2, 0.25) is 10.0 Å². The monoisotopic (exact) mass is 297 g/mol. The molecule has 0 heterocycles. The Morgan fingerprint density at radius 2 is 1.58 bits per heavy atom. The number of rotatable bonds is 4. The molecule has 0 amide bonds. The molecule has 1 atom stereocenters. The van der Waals surface area contributed by atoms with E-state index in [2.05, 4.69) is 0 Å². The van der Waals surface area contributed by atoms with Gasteiger partial charge in [-0.25, -0.2) is 4.39 Å². The van der Waals surface area contributed by atoms with Gasteiger partial charge in [-0.1, -0.05) is 41.4 Å². The minimum absolute atomic E-state index is 0.0976. The highest BCUT2D eigenvalue weighted by Gasteiger charge is 2.14. The van der Waals surface area contributed by atoms with Crippen LogP contribution < -0.4 is 5.73 Å². The van der Waals surface area contributed by atoms with Gasteiger partial charge in [-0.2, -0.15) is 0 Å². The molecule has 2 N–H and O–H groups in total. The maximum atomic E-state index is 13.0. The smallest absolute Gasteiger partial charge is 0.123 e. The Hall–Kier alpha value is -1.09. The van der Waals surface area contributed by atoms with Gasteiger partial charge >= 0.3 is 0 Å². The predicted molar refractivity (Wildman–Crippen MR) is 78.4 cm³/mol. The lowest BCUT2D eigenvalue weighted by Gasteiger charge is -2.18. The van der Waals surface area contributed by atoms with Gasteiger partial charge in [-0.15, -0.1) is 0 Å². The van der Waals surface area contributed by atoms with E-state index in [1.54, 1.807) is 18.2 Å². The van der Waals surface area contributed by atoms with Crippen LogP contribution in [0.5, 0.6) is 0 Å². The first kappa shape index (κ1) is 14.3. The molecule has 0 fully saturated rings. The van der Waals surface area contributed by atoms with E-state index < -0.39 is 0 Å². The summed E-state index contributed by atoms with van der Waals surface area (Å²) in [7, 11) is 0. The largest absolute Gasteiger partial charge is 0.330 e. The molecule has 2 aromatic rings. The molecule has 0 aliphatic carbocycles. The van der Waals surface area contributed by atoms with Crippen molar-refractivity contribution in [2.45, 2.75) is 12.3 Å². The average Bonchev–Trinajstić information content (AvgIpc) is 2.41. The van der Waals surface area contributed by atoms with Gasteiger partial charge in [-0.3, -0.25) is 0 Å². The van der Waals surface area contributed by atoms with Crippen molar-refractivity contribution in [2.75, 3.05) is 6.54 Å². The van der Waals surface area contributed by atoms with Gasteiger partial charge in [0.2, 0.25) is 0 Å². The lowest BCUT2D eigenvalue weighted by atomic mass is 9.88. The Labute approximate surface area is 122 Å². The summed E-state index contributed by atoms with van der Waals surface area (Å²) in [5.41, 5.74) is 7.72. The van der Waals surface area contributed by atoms with Crippen molar-refractivity contribution >= 4 is 23.2 Å². The lowest BCUT2D eigenvalue weighted by molar-refractivity contribution is 0.625. The second-order valence-corrected chi connectivity index (χ2v) is 5.17. The van der Waals surface area contributed by atoms with Crippen molar-refractivity contribution in [1.29, 1.82) is 0 Å². The molecule has 100 valence electrons. The normalized spacial score (nSPS) is 12.4. The van der Waals surface area contributed by atoms with Gasteiger partial charge in [-0.05, 0) is 48.4 Å². The third-order valence-electron chi connectivity index (χ3n) is 3.07. The Bertz CT molecular complexity index is 555. The topological polar surface area (TPSA) is 26.0 Å². The maximum absolute atomic E-state index is 13.0. The number of nitrogens with two attached hydrogens (primary N) is 1. The summed E-state index contributed by atoms with van der Waals surface area (Å²) in [4.78, 5) is 0. The van der Waals surface area contributed by atoms with E-state index in [1.165, 1.54) is 12.1 Å². The van der Waals surface area contributed by atoms with Crippen molar-refractivity contribution < 1.29 is 4.39 Å². The lowest BCUT2D eigenvalue weighted by Crippen LogP contribution is -2.09. The molecule has 1 unspecified atom stereocenters. The second kappa shape index (κ2) is 6.38. The molecule has 0 aliphatic rings. The van der Waals surface area contributed by atoms with E-state index in [0.717, 1.165) is 17.5 Å². The molecule has 4 heteroatoms. The molecule has 1 nitrogen and oxygen atoms in total. The van der Waals surface area contributed by atoms with Crippen molar-refractivity contribution in [3.63, 3.8) is 0 Å². The molecule has 0 saturated carbocycles. The number of benzene rings is 2. The van der Waals surface area contributed by atoms with E-state index in [1.807, 2.05) is 12.1 Å². The zero-order valence-corrected chi connectivity index (χ0v) is 11.8. The SMILES string of the molecule is NCCC(c1ccc(F)cc1)c1ccc(Cl)c(Cl)c1. The number of hydrogen-bond donors (Lipinski definition) is 1. The molecule has 19 heavy (non-hydrogen) atoms. The Morgan fingerprint density at radius 3 is 2.16 bits per heavy atom. The molecule has 0 radical (unpaired) electrons. The summed E-state index contributed by atoms with van der Waals surface area (Å²) in [6.07, 6.45) is 0.767. The average molecular weight is 298 g/mol. The van der Waals surface area contributed by atoms with Crippen LogP contribution in [0.3, 0.4) is 0 Å². The summed E-state index contributed by atoms with van der Waals surface area (Å²) < 4.78 is 13.0. The zero-order valence-electron chi connectivity index (χ0n) is 10.2. The van der Waals surface area contributed by atoms with Crippen LogP contribution in [-0.2, 0) is 0 Å². The molecular formula is C15H14Cl2FN.